The highest BCUT2D eigenvalue weighted by Gasteiger charge is 2.46. The summed E-state index contributed by atoms with van der Waals surface area (Å²) in [4.78, 5) is 26.2. The lowest BCUT2D eigenvalue weighted by Crippen LogP contribution is -2.43. The summed E-state index contributed by atoms with van der Waals surface area (Å²) in [6.45, 7) is 4.02. The van der Waals surface area contributed by atoms with Crippen molar-refractivity contribution in [3.05, 3.63) is 59.7 Å². The number of nitrogens with zero attached hydrogens (tertiary/aromatic N) is 1. The van der Waals surface area contributed by atoms with E-state index in [1.54, 1.807) is 0 Å². The molecule has 2 aromatic rings. The van der Waals surface area contributed by atoms with Crippen LogP contribution in [0.3, 0.4) is 0 Å². The number of likely N-dealkylation sites (tertiary alicyclic amines) is 1. The summed E-state index contributed by atoms with van der Waals surface area (Å²) in [6, 6.07) is 16.0. The Bertz CT molecular complexity index is 847. The molecule has 2 heterocycles. The average Bonchev–Trinajstić information content (AvgIpc) is 3.01. The Morgan fingerprint density at radius 3 is 2.73 bits per heavy atom. The standard InChI is InChI=1S/C21H23N3O2/c1-15(25)22-18-8-6-16(7-9-18)13-24-11-10-21(14-24)12-17-4-2-3-5-19(17)23-20(21)26/h2-9H,10-14H2,1H3,(H,22,25)(H,23,26). The third-order valence-corrected chi connectivity index (χ3v) is 5.39. The highest BCUT2D eigenvalue weighted by atomic mass is 16.2. The molecule has 26 heavy (non-hydrogen) atoms. The van der Waals surface area contributed by atoms with E-state index < -0.39 is 0 Å². The van der Waals surface area contributed by atoms with Gasteiger partial charge in [-0.2, -0.15) is 0 Å². The summed E-state index contributed by atoms with van der Waals surface area (Å²) in [6.07, 6.45) is 1.70. The number of hydrogen-bond donors (Lipinski definition) is 2. The SMILES string of the molecule is CC(=O)Nc1ccc(CN2CCC3(Cc4ccccc4NC3=O)C2)cc1. The fraction of sp³-hybridized carbons (Fsp3) is 0.333. The van der Waals surface area contributed by atoms with Crippen molar-refractivity contribution in [3.63, 3.8) is 0 Å². The molecule has 1 atom stereocenters. The van der Waals surface area contributed by atoms with Crippen LogP contribution in [0.4, 0.5) is 11.4 Å². The summed E-state index contributed by atoms with van der Waals surface area (Å²) in [5, 5.41) is 5.88. The van der Waals surface area contributed by atoms with Crippen LogP contribution in [0.15, 0.2) is 48.5 Å². The quantitative estimate of drug-likeness (QED) is 0.895. The number of hydrogen-bond acceptors (Lipinski definition) is 3. The van der Waals surface area contributed by atoms with E-state index in [2.05, 4.69) is 21.6 Å². The van der Waals surface area contributed by atoms with Crippen molar-refractivity contribution < 1.29 is 9.59 Å². The predicted octanol–water partition coefficient (Wildman–Crippen LogP) is 3.03. The zero-order valence-electron chi connectivity index (χ0n) is 14.9. The summed E-state index contributed by atoms with van der Waals surface area (Å²) in [5.74, 6) is 0.0857. The van der Waals surface area contributed by atoms with Gasteiger partial charge in [0.25, 0.3) is 0 Å². The fourth-order valence-corrected chi connectivity index (χ4v) is 4.07. The van der Waals surface area contributed by atoms with E-state index in [0.29, 0.717) is 0 Å². The fourth-order valence-electron chi connectivity index (χ4n) is 4.07. The second-order valence-electron chi connectivity index (χ2n) is 7.41. The van der Waals surface area contributed by atoms with Gasteiger partial charge in [-0.3, -0.25) is 14.5 Å². The van der Waals surface area contributed by atoms with Gasteiger partial charge in [0.1, 0.15) is 0 Å². The van der Waals surface area contributed by atoms with E-state index in [4.69, 9.17) is 0 Å². The molecule has 2 N–H and O–H groups in total. The molecule has 1 saturated heterocycles. The molecule has 1 unspecified atom stereocenters. The van der Waals surface area contributed by atoms with E-state index in [1.807, 2.05) is 42.5 Å². The molecule has 0 aromatic heterocycles. The Morgan fingerprint density at radius 2 is 1.96 bits per heavy atom. The van der Waals surface area contributed by atoms with Gasteiger partial charge in [0, 0.05) is 31.4 Å². The minimum atomic E-state index is -0.315. The highest BCUT2D eigenvalue weighted by molar-refractivity contribution is 5.98. The van der Waals surface area contributed by atoms with E-state index in [0.717, 1.165) is 43.9 Å². The molecule has 2 aliphatic rings. The molecule has 0 saturated carbocycles. The minimum absolute atomic E-state index is 0.0668. The van der Waals surface area contributed by atoms with Crippen molar-refractivity contribution in [2.24, 2.45) is 5.41 Å². The van der Waals surface area contributed by atoms with Crippen molar-refractivity contribution in [1.82, 2.24) is 4.90 Å². The number of carbonyl (C=O) groups is 2. The third kappa shape index (κ3) is 3.22. The molecular weight excluding hydrogens is 326 g/mol. The van der Waals surface area contributed by atoms with Crippen LogP contribution in [0.25, 0.3) is 0 Å². The molecule has 5 nitrogen and oxygen atoms in total. The summed E-state index contributed by atoms with van der Waals surface area (Å²) in [5.41, 5.74) is 3.86. The molecule has 4 rings (SSSR count). The number of fused-ring (bicyclic) bond motifs is 1. The first-order chi connectivity index (χ1) is 12.5. The Balaban J connectivity index is 1.44. The van der Waals surface area contributed by atoms with Gasteiger partial charge in [0.15, 0.2) is 0 Å². The van der Waals surface area contributed by atoms with E-state index in [1.165, 1.54) is 18.1 Å². The number of nitrogens with one attached hydrogen (secondary N) is 2. The second kappa shape index (κ2) is 6.57. The molecule has 2 amide bonds. The number of anilines is 2. The van der Waals surface area contributed by atoms with Crippen LogP contribution in [0.2, 0.25) is 0 Å². The van der Waals surface area contributed by atoms with Gasteiger partial charge in [0.2, 0.25) is 11.8 Å². The molecule has 5 heteroatoms. The maximum atomic E-state index is 12.7. The van der Waals surface area contributed by atoms with Crippen molar-refractivity contribution in [2.75, 3.05) is 23.7 Å². The van der Waals surface area contributed by atoms with Crippen LogP contribution >= 0.6 is 0 Å². The second-order valence-corrected chi connectivity index (χ2v) is 7.41. The number of para-hydroxylation sites is 1. The number of amides is 2. The van der Waals surface area contributed by atoms with Crippen LogP contribution in [0.1, 0.15) is 24.5 Å². The van der Waals surface area contributed by atoms with Gasteiger partial charge in [-0.1, -0.05) is 30.3 Å². The molecule has 134 valence electrons. The highest BCUT2D eigenvalue weighted by Crippen LogP contribution is 2.41. The van der Waals surface area contributed by atoms with Crippen LogP contribution in [0.5, 0.6) is 0 Å². The molecule has 0 aliphatic carbocycles. The Kier molecular flexibility index (Phi) is 4.24. The maximum Gasteiger partial charge on any atom is 0.232 e. The lowest BCUT2D eigenvalue weighted by molar-refractivity contribution is -0.125. The maximum absolute atomic E-state index is 12.7. The lowest BCUT2D eigenvalue weighted by atomic mass is 9.77. The summed E-state index contributed by atoms with van der Waals surface area (Å²) in [7, 11) is 0. The van der Waals surface area contributed by atoms with Crippen LogP contribution in [-0.4, -0.2) is 29.8 Å². The smallest absolute Gasteiger partial charge is 0.232 e. The molecule has 2 aliphatic heterocycles. The van der Waals surface area contributed by atoms with Gasteiger partial charge < -0.3 is 10.6 Å². The first-order valence-electron chi connectivity index (χ1n) is 9.02. The monoisotopic (exact) mass is 349 g/mol. The molecule has 0 bridgehead atoms. The van der Waals surface area contributed by atoms with Gasteiger partial charge in [0.05, 0.1) is 5.41 Å². The lowest BCUT2D eigenvalue weighted by Gasteiger charge is -2.33. The molecular formula is C21H23N3O2. The van der Waals surface area contributed by atoms with Gasteiger partial charge in [-0.05, 0) is 48.7 Å². The van der Waals surface area contributed by atoms with Crippen LogP contribution in [-0.2, 0) is 22.6 Å². The first kappa shape index (κ1) is 16.8. The van der Waals surface area contributed by atoms with E-state index in [9.17, 15) is 9.59 Å². The minimum Gasteiger partial charge on any atom is -0.326 e. The number of rotatable bonds is 3. The number of carbonyl (C=O) groups excluding carboxylic acids is 2. The van der Waals surface area contributed by atoms with Gasteiger partial charge in [-0.25, -0.2) is 0 Å². The van der Waals surface area contributed by atoms with E-state index >= 15 is 0 Å². The topological polar surface area (TPSA) is 61.4 Å². The Labute approximate surface area is 153 Å². The normalized spacial score (nSPS) is 22.1. The largest absolute Gasteiger partial charge is 0.326 e. The van der Waals surface area contributed by atoms with Crippen LogP contribution in [0, 0.1) is 5.41 Å². The van der Waals surface area contributed by atoms with Crippen molar-refractivity contribution in [2.45, 2.75) is 26.3 Å². The number of benzene rings is 2. The van der Waals surface area contributed by atoms with Gasteiger partial charge >= 0.3 is 0 Å². The Morgan fingerprint density at radius 1 is 1.19 bits per heavy atom. The molecule has 1 spiro atoms. The van der Waals surface area contributed by atoms with Gasteiger partial charge in [-0.15, -0.1) is 0 Å². The van der Waals surface area contributed by atoms with Crippen molar-refractivity contribution in [1.29, 1.82) is 0 Å². The van der Waals surface area contributed by atoms with Crippen LogP contribution < -0.4 is 10.6 Å². The first-order valence-corrected chi connectivity index (χ1v) is 9.02. The third-order valence-electron chi connectivity index (χ3n) is 5.39. The molecule has 1 fully saturated rings. The summed E-state index contributed by atoms with van der Waals surface area (Å²) >= 11 is 0. The predicted molar refractivity (Wildman–Crippen MR) is 102 cm³/mol. The van der Waals surface area contributed by atoms with Crippen molar-refractivity contribution >= 4 is 23.2 Å². The van der Waals surface area contributed by atoms with E-state index in [-0.39, 0.29) is 17.2 Å². The Hall–Kier alpha value is -2.66. The van der Waals surface area contributed by atoms with Crippen molar-refractivity contribution in [3.8, 4) is 0 Å². The summed E-state index contributed by atoms with van der Waals surface area (Å²) < 4.78 is 0. The molecule has 0 radical (unpaired) electrons. The zero-order valence-corrected chi connectivity index (χ0v) is 14.9. The zero-order chi connectivity index (χ0) is 18.1. The average molecular weight is 349 g/mol. The molecule has 2 aromatic carbocycles.